The number of hydrogen-bond donors (Lipinski definition) is 0. The second-order valence-electron chi connectivity index (χ2n) is 17.4. The standard InChI is InChI=1S/C57H98O6/c1-4-7-10-13-16-19-22-24-26-28-30-32-35-38-41-44-47-50-56(59)62-53-54(52-61-55(58)49-46-43-40-37-34-21-18-15-12-9-6-3)63-57(60)51-48-45-42-39-36-33-31-29-27-25-23-20-17-14-11-8-5-2/h7,10,15-16,18-19,24,26,30,32,38,41,54H,4-6,8-9,11-14,17,20-23,25,27-29,31,33-37,39-40,42-53H2,1-3H3/b10-7-,18-15-,19-16-,26-24-,32-30-,41-38-/t54-/m0/s1. The predicted octanol–water partition coefficient (Wildman–Crippen LogP) is 17.4. The molecule has 1 atom stereocenters. The molecule has 0 aromatic rings. The van der Waals surface area contributed by atoms with Gasteiger partial charge in [0.15, 0.2) is 6.10 Å². The fourth-order valence-electron chi connectivity index (χ4n) is 7.22. The van der Waals surface area contributed by atoms with Crippen molar-refractivity contribution < 1.29 is 28.6 Å². The van der Waals surface area contributed by atoms with Gasteiger partial charge in [0, 0.05) is 19.3 Å². The molecular weight excluding hydrogens is 781 g/mol. The van der Waals surface area contributed by atoms with Crippen molar-refractivity contribution in [2.45, 2.75) is 258 Å². The van der Waals surface area contributed by atoms with Crippen molar-refractivity contribution in [1.82, 2.24) is 0 Å². The van der Waals surface area contributed by atoms with Gasteiger partial charge in [-0.05, 0) is 77.0 Å². The Morgan fingerprint density at radius 1 is 0.333 bits per heavy atom. The van der Waals surface area contributed by atoms with E-state index in [1.807, 2.05) is 0 Å². The molecule has 0 aliphatic carbocycles. The maximum Gasteiger partial charge on any atom is 0.306 e. The van der Waals surface area contributed by atoms with Gasteiger partial charge in [0.05, 0.1) is 0 Å². The average molecular weight is 879 g/mol. The molecule has 0 spiro atoms. The zero-order valence-electron chi connectivity index (χ0n) is 41.3. The summed E-state index contributed by atoms with van der Waals surface area (Å²) in [6.45, 7) is 6.44. The van der Waals surface area contributed by atoms with Crippen LogP contribution >= 0.6 is 0 Å². The summed E-state index contributed by atoms with van der Waals surface area (Å²) >= 11 is 0. The van der Waals surface area contributed by atoms with E-state index >= 15 is 0 Å². The SMILES string of the molecule is CC/C=C\C/C=C\C/C=C\C/C=C\C/C=C\CCCC(=O)OC[C@H](COC(=O)CCCCCCC/C=C\CCCC)OC(=O)CCCCCCCCCCCCCCCCCCC. The van der Waals surface area contributed by atoms with E-state index in [0.29, 0.717) is 19.3 Å². The highest BCUT2D eigenvalue weighted by molar-refractivity contribution is 5.71. The fourth-order valence-corrected chi connectivity index (χ4v) is 7.22. The predicted molar refractivity (Wildman–Crippen MR) is 270 cm³/mol. The lowest BCUT2D eigenvalue weighted by Crippen LogP contribution is -2.30. The zero-order chi connectivity index (χ0) is 45.8. The summed E-state index contributed by atoms with van der Waals surface area (Å²) in [7, 11) is 0. The highest BCUT2D eigenvalue weighted by atomic mass is 16.6. The van der Waals surface area contributed by atoms with Crippen LogP contribution in [0.25, 0.3) is 0 Å². The Morgan fingerprint density at radius 2 is 0.651 bits per heavy atom. The summed E-state index contributed by atoms with van der Waals surface area (Å²) in [5.74, 6) is -0.961. The van der Waals surface area contributed by atoms with E-state index < -0.39 is 6.10 Å². The summed E-state index contributed by atoms with van der Waals surface area (Å²) in [5, 5.41) is 0. The van der Waals surface area contributed by atoms with Crippen LogP contribution in [0.1, 0.15) is 252 Å². The minimum absolute atomic E-state index is 0.0959. The van der Waals surface area contributed by atoms with E-state index in [4.69, 9.17) is 14.2 Å². The maximum absolute atomic E-state index is 12.8. The van der Waals surface area contributed by atoms with E-state index in [1.54, 1.807) is 0 Å². The van der Waals surface area contributed by atoms with Gasteiger partial charge in [0.25, 0.3) is 0 Å². The summed E-state index contributed by atoms with van der Waals surface area (Å²) in [6.07, 6.45) is 64.7. The van der Waals surface area contributed by atoms with E-state index in [0.717, 1.165) is 89.9 Å². The van der Waals surface area contributed by atoms with Crippen molar-refractivity contribution >= 4 is 17.9 Å². The lowest BCUT2D eigenvalue weighted by molar-refractivity contribution is -0.167. The first kappa shape index (κ1) is 59.9. The molecule has 0 saturated carbocycles. The number of allylic oxidation sites excluding steroid dienone is 12. The molecule has 0 aliphatic heterocycles. The summed E-state index contributed by atoms with van der Waals surface area (Å²) in [5.41, 5.74) is 0. The summed E-state index contributed by atoms with van der Waals surface area (Å²) in [6, 6.07) is 0. The summed E-state index contributed by atoms with van der Waals surface area (Å²) in [4.78, 5) is 38.0. The van der Waals surface area contributed by atoms with Gasteiger partial charge in [-0.3, -0.25) is 14.4 Å². The van der Waals surface area contributed by atoms with Crippen LogP contribution in [0.4, 0.5) is 0 Å². The molecule has 0 radical (unpaired) electrons. The topological polar surface area (TPSA) is 78.9 Å². The minimum atomic E-state index is -0.799. The Bertz CT molecular complexity index is 1190. The molecule has 0 amide bonds. The highest BCUT2D eigenvalue weighted by Gasteiger charge is 2.19. The quantitative estimate of drug-likeness (QED) is 0.0262. The lowest BCUT2D eigenvalue weighted by atomic mass is 10.0. The smallest absolute Gasteiger partial charge is 0.306 e. The molecule has 0 heterocycles. The second kappa shape index (κ2) is 51.5. The van der Waals surface area contributed by atoms with E-state index in [2.05, 4.69) is 93.7 Å². The average Bonchev–Trinajstić information content (AvgIpc) is 3.28. The molecule has 362 valence electrons. The van der Waals surface area contributed by atoms with Crippen molar-refractivity contribution in [1.29, 1.82) is 0 Å². The number of hydrogen-bond acceptors (Lipinski definition) is 6. The van der Waals surface area contributed by atoms with E-state index in [-0.39, 0.29) is 37.5 Å². The number of carbonyl (C=O) groups excluding carboxylic acids is 3. The third kappa shape index (κ3) is 49.7. The number of rotatable bonds is 47. The Morgan fingerprint density at radius 3 is 1.10 bits per heavy atom. The van der Waals surface area contributed by atoms with Gasteiger partial charge in [-0.2, -0.15) is 0 Å². The first-order chi connectivity index (χ1) is 31.0. The van der Waals surface area contributed by atoms with Gasteiger partial charge in [-0.25, -0.2) is 0 Å². The number of carbonyl (C=O) groups is 3. The molecule has 0 aromatic heterocycles. The molecular formula is C57H98O6. The molecule has 0 aromatic carbocycles. The monoisotopic (exact) mass is 879 g/mol. The normalized spacial score (nSPS) is 12.6. The minimum Gasteiger partial charge on any atom is -0.462 e. The first-order valence-electron chi connectivity index (χ1n) is 26.4. The fraction of sp³-hybridized carbons (Fsp3) is 0.737. The Balaban J connectivity index is 4.43. The van der Waals surface area contributed by atoms with Crippen molar-refractivity contribution in [3.05, 3.63) is 72.9 Å². The summed E-state index contributed by atoms with van der Waals surface area (Å²) < 4.78 is 16.7. The van der Waals surface area contributed by atoms with Crippen molar-refractivity contribution in [3.8, 4) is 0 Å². The molecule has 6 nitrogen and oxygen atoms in total. The van der Waals surface area contributed by atoms with E-state index in [9.17, 15) is 14.4 Å². The molecule has 6 heteroatoms. The van der Waals surface area contributed by atoms with Crippen molar-refractivity contribution in [2.75, 3.05) is 13.2 Å². The maximum atomic E-state index is 12.8. The second-order valence-corrected chi connectivity index (χ2v) is 17.4. The Hall–Kier alpha value is -3.15. The third-order valence-corrected chi connectivity index (χ3v) is 11.2. The number of esters is 3. The van der Waals surface area contributed by atoms with Crippen molar-refractivity contribution in [3.63, 3.8) is 0 Å². The van der Waals surface area contributed by atoms with E-state index in [1.165, 1.54) is 116 Å². The van der Waals surface area contributed by atoms with Crippen LogP contribution in [0.2, 0.25) is 0 Å². The zero-order valence-corrected chi connectivity index (χ0v) is 41.3. The number of ether oxygens (including phenoxy) is 3. The highest BCUT2D eigenvalue weighted by Crippen LogP contribution is 2.15. The van der Waals surface area contributed by atoms with Crippen LogP contribution in [0.15, 0.2) is 72.9 Å². The molecule has 0 saturated heterocycles. The van der Waals surface area contributed by atoms with Crippen molar-refractivity contribution in [2.24, 2.45) is 0 Å². The van der Waals surface area contributed by atoms with Gasteiger partial charge in [0.1, 0.15) is 13.2 Å². The van der Waals surface area contributed by atoms with Crippen LogP contribution in [0.5, 0.6) is 0 Å². The first-order valence-corrected chi connectivity index (χ1v) is 26.4. The van der Waals surface area contributed by atoms with Gasteiger partial charge in [0.2, 0.25) is 0 Å². The van der Waals surface area contributed by atoms with Gasteiger partial charge in [-0.15, -0.1) is 0 Å². The Kier molecular flexibility index (Phi) is 48.9. The van der Waals surface area contributed by atoms with Crippen LogP contribution < -0.4 is 0 Å². The molecule has 0 rings (SSSR count). The molecule has 0 N–H and O–H groups in total. The Labute approximate surface area is 389 Å². The lowest BCUT2D eigenvalue weighted by Gasteiger charge is -2.18. The number of unbranched alkanes of at least 4 members (excludes halogenated alkanes) is 24. The molecule has 0 aliphatic rings. The van der Waals surface area contributed by atoms with Gasteiger partial charge >= 0.3 is 17.9 Å². The largest absolute Gasteiger partial charge is 0.462 e. The molecule has 0 unspecified atom stereocenters. The third-order valence-electron chi connectivity index (χ3n) is 11.2. The van der Waals surface area contributed by atoms with Gasteiger partial charge < -0.3 is 14.2 Å². The van der Waals surface area contributed by atoms with Gasteiger partial charge in [-0.1, -0.05) is 229 Å². The molecule has 0 bridgehead atoms. The van der Waals surface area contributed by atoms with Crippen LogP contribution in [0, 0.1) is 0 Å². The van der Waals surface area contributed by atoms with Crippen LogP contribution in [-0.2, 0) is 28.6 Å². The van der Waals surface area contributed by atoms with Crippen LogP contribution in [-0.4, -0.2) is 37.2 Å². The molecule has 0 fully saturated rings. The molecule has 63 heavy (non-hydrogen) atoms. The van der Waals surface area contributed by atoms with Crippen LogP contribution in [0.3, 0.4) is 0 Å².